The van der Waals surface area contributed by atoms with Gasteiger partial charge in [-0.2, -0.15) is 0 Å². The van der Waals surface area contributed by atoms with E-state index in [-0.39, 0.29) is 16.8 Å². The standard InChI is InChI=1S/C16H18O2S/c17-14-10-15(19-11-6-2-1-3-7-11)16(18)13-9-5-4-8-12(13)14/h4-5,8-9,11,15H,1-3,6-7,10H2. The number of ketones is 2. The highest BCUT2D eigenvalue weighted by molar-refractivity contribution is 8.01. The van der Waals surface area contributed by atoms with Crippen LogP contribution in [0.4, 0.5) is 0 Å². The lowest BCUT2D eigenvalue weighted by Crippen LogP contribution is -2.31. The number of hydrogen-bond acceptors (Lipinski definition) is 3. The van der Waals surface area contributed by atoms with E-state index in [1.165, 1.54) is 32.1 Å². The number of hydrogen-bond donors (Lipinski definition) is 0. The largest absolute Gasteiger partial charge is 0.294 e. The zero-order valence-electron chi connectivity index (χ0n) is 10.9. The number of thioether (sulfide) groups is 1. The topological polar surface area (TPSA) is 34.1 Å². The molecule has 0 aromatic heterocycles. The fourth-order valence-corrected chi connectivity index (χ4v) is 4.60. The van der Waals surface area contributed by atoms with E-state index >= 15 is 0 Å². The summed E-state index contributed by atoms with van der Waals surface area (Å²) in [6.45, 7) is 0. The molecule has 1 atom stereocenters. The first-order valence-electron chi connectivity index (χ1n) is 7.07. The summed E-state index contributed by atoms with van der Waals surface area (Å²) in [4.78, 5) is 24.6. The lowest BCUT2D eigenvalue weighted by Gasteiger charge is -2.28. The molecule has 0 aliphatic heterocycles. The molecule has 0 amide bonds. The third-order valence-corrected chi connectivity index (χ3v) is 5.63. The molecule has 2 aliphatic rings. The van der Waals surface area contributed by atoms with Gasteiger partial charge in [0.15, 0.2) is 11.6 Å². The Morgan fingerprint density at radius 2 is 1.63 bits per heavy atom. The lowest BCUT2D eigenvalue weighted by molar-refractivity contribution is 0.0897. The highest BCUT2D eigenvalue weighted by atomic mass is 32.2. The molecule has 1 aromatic rings. The normalized spacial score (nSPS) is 24.3. The molecule has 1 aromatic carbocycles. The van der Waals surface area contributed by atoms with Crippen LogP contribution >= 0.6 is 11.8 Å². The van der Waals surface area contributed by atoms with Crippen molar-refractivity contribution in [2.75, 3.05) is 0 Å². The third kappa shape index (κ3) is 2.62. The van der Waals surface area contributed by atoms with Gasteiger partial charge in [-0.3, -0.25) is 9.59 Å². The molecular weight excluding hydrogens is 256 g/mol. The summed E-state index contributed by atoms with van der Waals surface area (Å²) in [5.74, 6) is 0.286. The van der Waals surface area contributed by atoms with Gasteiger partial charge in [0, 0.05) is 22.8 Å². The Bertz CT molecular complexity index is 503. The second-order valence-corrected chi connectivity index (χ2v) is 6.93. The molecule has 0 radical (unpaired) electrons. The van der Waals surface area contributed by atoms with Gasteiger partial charge in [0.25, 0.3) is 0 Å². The highest BCUT2D eigenvalue weighted by Gasteiger charge is 2.34. The van der Waals surface area contributed by atoms with E-state index in [4.69, 9.17) is 0 Å². The number of Topliss-reactive ketones (excluding diaryl/α,β-unsaturated/α-hetero) is 2. The van der Waals surface area contributed by atoms with Gasteiger partial charge in [-0.05, 0) is 12.8 Å². The van der Waals surface area contributed by atoms with Crippen LogP contribution in [0.1, 0.15) is 59.2 Å². The molecule has 0 saturated heterocycles. The fraction of sp³-hybridized carbons (Fsp3) is 0.500. The highest BCUT2D eigenvalue weighted by Crippen LogP contribution is 2.36. The number of fused-ring (bicyclic) bond motifs is 1. The molecule has 1 saturated carbocycles. The smallest absolute Gasteiger partial charge is 0.176 e. The molecule has 2 aliphatic carbocycles. The van der Waals surface area contributed by atoms with Gasteiger partial charge in [0.05, 0.1) is 5.25 Å². The van der Waals surface area contributed by atoms with Crippen molar-refractivity contribution in [2.45, 2.75) is 49.0 Å². The molecule has 100 valence electrons. The molecule has 0 N–H and O–H groups in total. The summed E-state index contributed by atoms with van der Waals surface area (Å²) in [5.41, 5.74) is 1.25. The van der Waals surface area contributed by atoms with E-state index in [0.717, 1.165) is 0 Å². The molecule has 0 bridgehead atoms. The first kappa shape index (κ1) is 12.9. The summed E-state index contributed by atoms with van der Waals surface area (Å²) in [6.07, 6.45) is 6.63. The van der Waals surface area contributed by atoms with Crippen molar-refractivity contribution >= 4 is 23.3 Å². The average Bonchev–Trinajstić information content (AvgIpc) is 2.46. The number of carbonyl (C=O) groups is 2. The first-order valence-corrected chi connectivity index (χ1v) is 8.02. The number of carbonyl (C=O) groups excluding carboxylic acids is 2. The van der Waals surface area contributed by atoms with Crippen molar-refractivity contribution in [3.05, 3.63) is 35.4 Å². The van der Waals surface area contributed by atoms with Gasteiger partial charge in [-0.25, -0.2) is 0 Å². The van der Waals surface area contributed by atoms with E-state index < -0.39 is 0 Å². The zero-order valence-corrected chi connectivity index (χ0v) is 11.7. The minimum atomic E-state index is -0.148. The molecule has 2 nitrogen and oxygen atoms in total. The molecule has 1 unspecified atom stereocenters. The zero-order chi connectivity index (χ0) is 13.2. The van der Waals surface area contributed by atoms with Crippen molar-refractivity contribution < 1.29 is 9.59 Å². The van der Waals surface area contributed by atoms with Crippen molar-refractivity contribution in [1.82, 2.24) is 0 Å². The first-order chi connectivity index (χ1) is 9.25. The maximum atomic E-state index is 12.5. The minimum absolute atomic E-state index is 0.128. The molecule has 3 rings (SSSR count). The number of benzene rings is 1. The summed E-state index contributed by atoms with van der Waals surface area (Å²) in [7, 11) is 0. The van der Waals surface area contributed by atoms with Crippen molar-refractivity contribution in [3.63, 3.8) is 0 Å². The van der Waals surface area contributed by atoms with Crippen molar-refractivity contribution in [1.29, 1.82) is 0 Å². The van der Waals surface area contributed by atoms with Crippen LogP contribution in [0.15, 0.2) is 24.3 Å². The Balaban J connectivity index is 1.78. The second-order valence-electron chi connectivity index (χ2n) is 5.42. The summed E-state index contributed by atoms with van der Waals surface area (Å²) < 4.78 is 0. The maximum Gasteiger partial charge on any atom is 0.176 e. The van der Waals surface area contributed by atoms with Gasteiger partial charge in [0.2, 0.25) is 0 Å². The van der Waals surface area contributed by atoms with Crippen LogP contribution in [-0.4, -0.2) is 22.1 Å². The molecule has 19 heavy (non-hydrogen) atoms. The summed E-state index contributed by atoms with van der Waals surface area (Å²) in [5, 5.41) is 0.422. The van der Waals surface area contributed by atoms with Gasteiger partial charge < -0.3 is 0 Å². The van der Waals surface area contributed by atoms with E-state index in [0.29, 0.717) is 22.8 Å². The average molecular weight is 274 g/mol. The number of rotatable bonds is 2. The quantitative estimate of drug-likeness (QED) is 0.820. The van der Waals surface area contributed by atoms with Gasteiger partial charge in [-0.15, -0.1) is 11.8 Å². The van der Waals surface area contributed by atoms with E-state index in [2.05, 4.69) is 0 Å². The van der Waals surface area contributed by atoms with Crippen LogP contribution in [0.25, 0.3) is 0 Å². The van der Waals surface area contributed by atoms with Crippen LogP contribution in [0, 0.1) is 0 Å². The summed E-state index contributed by atoms with van der Waals surface area (Å²) >= 11 is 1.75. The Morgan fingerprint density at radius 3 is 2.37 bits per heavy atom. The molecule has 3 heteroatoms. The predicted molar refractivity (Wildman–Crippen MR) is 78.0 cm³/mol. The Kier molecular flexibility index (Phi) is 3.74. The van der Waals surface area contributed by atoms with E-state index in [1.54, 1.807) is 23.9 Å². The van der Waals surface area contributed by atoms with Gasteiger partial charge >= 0.3 is 0 Å². The minimum Gasteiger partial charge on any atom is -0.294 e. The van der Waals surface area contributed by atoms with Crippen molar-refractivity contribution in [2.24, 2.45) is 0 Å². The third-order valence-electron chi connectivity index (χ3n) is 4.07. The molecule has 1 fully saturated rings. The fourth-order valence-electron chi connectivity index (χ4n) is 3.03. The second kappa shape index (κ2) is 5.49. The maximum absolute atomic E-state index is 12.5. The Morgan fingerprint density at radius 1 is 0.947 bits per heavy atom. The van der Waals surface area contributed by atoms with Gasteiger partial charge in [0.1, 0.15) is 0 Å². The molecule has 0 spiro atoms. The van der Waals surface area contributed by atoms with Crippen LogP contribution in [0.2, 0.25) is 0 Å². The van der Waals surface area contributed by atoms with Crippen LogP contribution < -0.4 is 0 Å². The Hall–Kier alpha value is -1.09. The summed E-state index contributed by atoms with van der Waals surface area (Å²) in [6, 6.07) is 7.25. The Labute approximate surface area is 118 Å². The van der Waals surface area contributed by atoms with Crippen LogP contribution in [-0.2, 0) is 0 Å². The van der Waals surface area contributed by atoms with Crippen molar-refractivity contribution in [3.8, 4) is 0 Å². The van der Waals surface area contributed by atoms with Gasteiger partial charge in [-0.1, -0.05) is 43.5 Å². The van der Waals surface area contributed by atoms with E-state index in [1.807, 2.05) is 12.1 Å². The molecular formula is C16H18O2S. The van der Waals surface area contributed by atoms with Crippen LogP contribution in [0.5, 0.6) is 0 Å². The van der Waals surface area contributed by atoms with E-state index in [9.17, 15) is 9.59 Å². The predicted octanol–water partition coefficient (Wildman–Crippen LogP) is 3.89. The monoisotopic (exact) mass is 274 g/mol. The lowest BCUT2D eigenvalue weighted by atomic mass is 9.89. The molecule has 0 heterocycles. The SMILES string of the molecule is O=C1CC(SC2CCCCC2)C(=O)c2ccccc21. The van der Waals surface area contributed by atoms with Crippen LogP contribution in [0.3, 0.4) is 0 Å².